The standard InChI is InChI=1S/C13H9F6N3O2/c14-12(15,16)7-3-6(4-8(5-7)13(17,18)19)11(21)22-9(20)1-2-10(23)24/h1-5H,(H,23,24)(H3,20,21,22)/b2-1-. The predicted molar refractivity (Wildman–Crippen MR) is 70.9 cm³/mol. The fourth-order valence-corrected chi connectivity index (χ4v) is 1.50. The summed E-state index contributed by atoms with van der Waals surface area (Å²) in [6.45, 7) is 0. The number of carbonyl (C=O) groups is 1. The Hall–Kier alpha value is -2.85. The highest BCUT2D eigenvalue weighted by atomic mass is 19.4. The third-order valence-electron chi connectivity index (χ3n) is 2.53. The van der Waals surface area contributed by atoms with E-state index >= 15 is 0 Å². The molecule has 24 heavy (non-hydrogen) atoms. The third kappa shape index (κ3) is 5.41. The molecule has 0 aliphatic heterocycles. The van der Waals surface area contributed by atoms with E-state index < -0.39 is 46.7 Å². The van der Waals surface area contributed by atoms with Crippen LogP contribution < -0.4 is 5.32 Å². The largest absolute Gasteiger partial charge is 0.478 e. The van der Waals surface area contributed by atoms with Crippen LogP contribution >= 0.6 is 0 Å². The van der Waals surface area contributed by atoms with E-state index in [0.29, 0.717) is 24.3 Å². The van der Waals surface area contributed by atoms with Crippen LogP contribution in [0.1, 0.15) is 16.7 Å². The summed E-state index contributed by atoms with van der Waals surface area (Å²) in [6.07, 6.45) is -8.94. The molecule has 1 aromatic rings. The van der Waals surface area contributed by atoms with E-state index in [-0.39, 0.29) is 6.07 Å². The molecule has 0 saturated carbocycles. The van der Waals surface area contributed by atoms with Crippen LogP contribution in [0.25, 0.3) is 0 Å². The van der Waals surface area contributed by atoms with Crippen LogP contribution in [-0.4, -0.2) is 22.7 Å². The molecule has 0 unspecified atom stereocenters. The quantitative estimate of drug-likeness (QED) is 0.291. The number of carboxylic acid groups (broad SMARTS) is 1. The Morgan fingerprint density at radius 3 is 1.79 bits per heavy atom. The molecule has 1 aromatic carbocycles. The van der Waals surface area contributed by atoms with Crippen molar-refractivity contribution >= 4 is 17.6 Å². The van der Waals surface area contributed by atoms with Crippen molar-refractivity contribution in [3.05, 3.63) is 47.0 Å². The number of amidine groups is 2. The van der Waals surface area contributed by atoms with Gasteiger partial charge in [0.25, 0.3) is 0 Å². The molecule has 0 aromatic heterocycles. The number of halogens is 6. The Kier molecular flexibility index (Phi) is 5.38. The third-order valence-corrected chi connectivity index (χ3v) is 2.53. The summed E-state index contributed by atoms with van der Waals surface area (Å²) < 4.78 is 76.2. The minimum Gasteiger partial charge on any atom is -0.478 e. The molecule has 4 N–H and O–H groups in total. The molecule has 0 fully saturated rings. The van der Waals surface area contributed by atoms with Gasteiger partial charge in [-0.15, -0.1) is 0 Å². The van der Waals surface area contributed by atoms with Crippen molar-refractivity contribution in [2.24, 2.45) is 0 Å². The Balaban J connectivity index is 3.20. The van der Waals surface area contributed by atoms with Gasteiger partial charge in [0.05, 0.1) is 11.1 Å². The zero-order valence-corrected chi connectivity index (χ0v) is 11.5. The van der Waals surface area contributed by atoms with Crippen molar-refractivity contribution in [1.29, 1.82) is 10.8 Å². The van der Waals surface area contributed by atoms with Crippen molar-refractivity contribution in [1.82, 2.24) is 5.32 Å². The number of hydrogen-bond donors (Lipinski definition) is 4. The second-order valence-corrected chi connectivity index (χ2v) is 4.38. The molecule has 0 amide bonds. The lowest BCUT2D eigenvalue weighted by molar-refractivity contribution is -0.143. The van der Waals surface area contributed by atoms with E-state index in [0.717, 1.165) is 0 Å². The summed E-state index contributed by atoms with van der Waals surface area (Å²) >= 11 is 0. The first kappa shape index (κ1) is 19.2. The maximum absolute atomic E-state index is 12.7. The Bertz CT molecular complexity index is 674. The van der Waals surface area contributed by atoms with Crippen LogP contribution in [0.2, 0.25) is 0 Å². The maximum atomic E-state index is 12.7. The fraction of sp³-hybridized carbons (Fsp3) is 0.154. The van der Waals surface area contributed by atoms with Crippen LogP contribution in [0.3, 0.4) is 0 Å². The minimum atomic E-state index is -5.06. The summed E-state index contributed by atoms with van der Waals surface area (Å²) in [5.74, 6) is -3.05. The summed E-state index contributed by atoms with van der Waals surface area (Å²) in [5.41, 5.74) is -3.97. The number of hydrogen-bond acceptors (Lipinski definition) is 3. The second-order valence-electron chi connectivity index (χ2n) is 4.38. The van der Waals surface area contributed by atoms with Gasteiger partial charge in [0.1, 0.15) is 11.7 Å². The van der Waals surface area contributed by atoms with E-state index in [1.807, 2.05) is 5.32 Å². The van der Waals surface area contributed by atoms with Crippen molar-refractivity contribution in [3.8, 4) is 0 Å². The highest BCUT2D eigenvalue weighted by Crippen LogP contribution is 2.36. The molecule has 0 aliphatic carbocycles. The molecule has 0 spiro atoms. The van der Waals surface area contributed by atoms with Gasteiger partial charge in [0, 0.05) is 11.6 Å². The molecule has 0 aliphatic rings. The average molecular weight is 353 g/mol. The van der Waals surface area contributed by atoms with Gasteiger partial charge in [-0.2, -0.15) is 26.3 Å². The molecule has 130 valence electrons. The SMILES string of the molecule is N=C(/C=C\C(=O)O)NC(=N)c1cc(C(F)(F)F)cc(C(F)(F)F)c1. The monoisotopic (exact) mass is 353 g/mol. The number of carboxylic acids is 1. The number of alkyl halides is 6. The van der Waals surface area contributed by atoms with Crippen LogP contribution in [0.15, 0.2) is 30.4 Å². The Morgan fingerprint density at radius 2 is 1.42 bits per heavy atom. The van der Waals surface area contributed by atoms with E-state index in [2.05, 4.69) is 0 Å². The van der Waals surface area contributed by atoms with Gasteiger partial charge >= 0.3 is 18.3 Å². The van der Waals surface area contributed by atoms with Crippen molar-refractivity contribution < 1.29 is 36.2 Å². The molecule has 0 atom stereocenters. The lowest BCUT2D eigenvalue weighted by atomic mass is 10.0. The van der Waals surface area contributed by atoms with Gasteiger partial charge in [-0.3, -0.25) is 10.8 Å². The first-order chi connectivity index (χ1) is 10.8. The average Bonchev–Trinajstić information content (AvgIpc) is 2.42. The summed E-state index contributed by atoms with van der Waals surface area (Å²) in [5, 5.41) is 25.0. The fourth-order valence-electron chi connectivity index (χ4n) is 1.50. The first-order valence-corrected chi connectivity index (χ1v) is 5.95. The van der Waals surface area contributed by atoms with Crippen molar-refractivity contribution in [2.45, 2.75) is 12.4 Å². The highest BCUT2D eigenvalue weighted by molar-refractivity contribution is 6.11. The minimum absolute atomic E-state index is 0.0908. The lowest BCUT2D eigenvalue weighted by Gasteiger charge is -2.15. The van der Waals surface area contributed by atoms with Gasteiger partial charge in [-0.25, -0.2) is 4.79 Å². The Morgan fingerprint density at radius 1 is 0.958 bits per heavy atom. The van der Waals surface area contributed by atoms with Gasteiger partial charge in [0.2, 0.25) is 0 Å². The van der Waals surface area contributed by atoms with E-state index in [9.17, 15) is 31.1 Å². The smallest absolute Gasteiger partial charge is 0.416 e. The van der Waals surface area contributed by atoms with Gasteiger partial charge in [-0.05, 0) is 24.3 Å². The van der Waals surface area contributed by atoms with Crippen molar-refractivity contribution in [3.63, 3.8) is 0 Å². The lowest BCUT2D eigenvalue weighted by Crippen LogP contribution is -2.29. The zero-order chi connectivity index (χ0) is 18.7. The van der Waals surface area contributed by atoms with Crippen LogP contribution in [0.5, 0.6) is 0 Å². The number of nitrogens with one attached hydrogen (secondary N) is 3. The van der Waals surface area contributed by atoms with Gasteiger partial charge in [0.15, 0.2) is 0 Å². The highest BCUT2D eigenvalue weighted by Gasteiger charge is 2.37. The van der Waals surface area contributed by atoms with Crippen molar-refractivity contribution in [2.75, 3.05) is 0 Å². The van der Waals surface area contributed by atoms with Crippen LogP contribution in [0, 0.1) is 10.8 Å². The summed E-state index contributed by atoms with van der Waals surface area (Å²) in [7, 11) is 0. The summed E-state index contributed by atoms with van der Waals surface area (Å²) in [6, 6.07) is 0.546. The molecule has 0 bridgehead atoms. The molecule has 1 rings (SSSR count). The predicted octanol–water partition coefficient (Wildman–Crippen LogP) is 3.26. The normalized spacial score (nSPS) is 12.2. The number of rotatable bonds is 3. The molecule has 0 radical (unpaired) electrons. The molecule has 11 heteroatoms. The first-order valence-electron chi connectivity index (χ1n) is 5.95. The van der Waals surface area contributed by atoms with Gasteiger partial charge in [-0.1, -0.05) is 0 Å². The van der Waals surface area contributed by atoms with Gasteiger partial charge < -0.3 is 10.4 Å². The number of benzene rings is 1. The topological polar surface area (TPSA) is 97.0 Å². The van der Waals surface area contributed by atoms with Crippen LogP contribution in [-0.2, 0) is 17.1 Å². The van der Waals surface area contributed by atoms with Crippen LogP contribution in [0.4, 0.5) is 26.3 Å². The molecular formula is C13H9F6N3O2. The zero-order valence-electron chi connectivity index (χ0n) is 11.5. The molecule has 0 saturated heterocycles. The molecular weight excluding hydrogens is 344 g/mol. The second kappa shape index (κ2) is 6.72. The molecule has 0 heterocycles. The summed E-state index contributed by atoms with van der Waals surface area (Å²) in [4.78, 5) is 10.3. The number of aliphatic carboxylic acids is 1. The van der Waals surface area contributed by atoms with E-state index in [1.165, 1.54) is 0 Å². The Labute approximate surface area is 130 Å². The van der Waals surface area contributed by atoms with E-state index in [4.69, 9.17) is 15.9 Å². The maximum Gasteiger partial charge on any atom is 0.416 e. The van der Waals surface area contributed by atoms with E-state index in [1.54, 1.807) is 0 Å². The molecule has 5 nitrogen and oxygen atoms in total.